The van der Waals surface area contributed by atoms with Gasteiger partial charge >= 0.3 is 0 Å². The minimum atomic E-state index is -4.36. The number of aliphatic hydroxyl groups is 1. The van der Waals surface area contributed by atoms with Crippen LogP contribution in [0.4, 0.5) is 0 Å². The van der Waals surface area contributed by atoms with Gasteiger partial charge in [-0.3, -0.25) is 0 Å². The summed E-state index contributed by atoms with van der Waals surface area (Å²) in [5.41, 5.74) is 2.85. The van der Waals surface area contributed by atoms with Gasteiger partial charge in [-0.25, -0.2) is 8.42 Å². The van der Waals surface area contributed by atoms with E-state index in [1.54, 1.807) is 0 Å². The van der Waals surface area contributed by atoms with Crippen LogP contribution in [0.5, 0.6) is 0 Å². The van der Waals surface area contributed by atoms with Gasteiger partial charge in [-0.1, -0.05) is 20.3 Å². The van der Waals surface area contributed by atoms with Crippen LogP contribution in [0.3, 0.4) is 0 Å². The zero-order chi connectivity index (χ0) is 18.0. The third-order valence-corrected chi connectivity index (χ3v) is 4.13. The zero-order valence-corrected chi connectivity index (χ0v) is 22.0. The number of rotatable bonds is 6. The summed E-state index contributed by atoms with van der Waals surface area (Å²) in [6, 6.07) is 23.0. The molecule has 2 unspecified atom stereocenters. The van der Waals surface area contributed by atoms with Crippen LogP contribution < -0.4 is 0 Å². The molecule has 0 radical (unpaired) electrons. The summed E-state index contributed by atoms with van der Waals surface area (Å²) >= 11 is 0. The van der Waals surface area contributed by atoms with Gasteiger partial charge in [0.05, 0.1) is 0 Å². The van der Waals surface area contributed by atoms with E-state index in [1.165, 1.54) is 24.0 Å². The molecule has 2 rings (SSSR count). The topological polar surface area (TPSA) is 109 Å². The smallest absolute Gasteiger partial charge is 0.133 e. The van der Waals surface area contributed by atoms with Crippen LogP contribution in [-0.2, 0) is 52.2 Å². The molecule has 0 saturated heterocycles. The van der Waals surface area contributed by atoms with E-state index < -0.39 is 16.1 Å². The van der Waals surface area contributed by atoms with E-state index in [-0.39, 0.29) is 47.6 Å². The molecule has 0 bridgehead atoms. The fraction of sp³-hybridized carbons (Fsp3) is 0.368. The summed E-state index contributed by atoms with van der Waals surface area (Å²) < 4.78 is 27.6. The first-order valence-electron chi connectivity index (χ1n) is 7.83. The van der Waals surface area contributed by atoms with Crippen LogP contribution in [-0.4, -0.2) is 29.5 Å². The molecule has 0 saturated carbocycles. The largest absolute Gasteiger partial charge is 0.746 e. The molecule has 2 aromatic rings. The van der Waals surface area contributed by atoms with E-state index in [9.17, 15) is 13.0 Å². The van der Waals surface area contributed by atoms with E-state index in [4.69, 9.17) is 5.11 Å². The first-order valence-corrected chi connectivity index (χ1v) is 9.41. The molecule has 0 aliphatic carbocycles. The standard InChI is InChI=1S/C18H20.CH4O4S.H2O.2W/c1-3-16(18-12-8-5-9-13-18)14-15(2)17-10-6-4-7-11-17;2-1-6(3,4)5;;;/h6-13,15-16H,3,14H2,1-2H3;2H,1H2,(H,3,4,5);1H2;;/q-2;;;;/p-1. The van der Waals surface area contributed by atoms with E-state index in [0.29, 0.717) is 11.8 Å². The molecule has 0 heterocycles. The summed E-state index contributed by atoms with van der Waals surface area (Å²) in [5, 5.41) is 7.50. The van der Waals surface area contributed by atoms with Gasteiger partial charge in [0, 0.05) is 42.1 Å². The van der Waals surface area contributed by atoms with E-state index in [0.717, 1.165) is 0 Å². The fourth-order valence-electron chi connectivity index (χ4n) is 2.50. The average Bonchev–Trinajstić information content (AvgIpc) is 2.61. The Hall–Kier alpha value is -0.353. The van der Waals surface area contributed by atoms with Crippen LogP contribution in [0, 0.1) is 12.1 Å². The predicted molar refractivity (Wildman–Crippen MR) is 97.0 cm³/mol. The Morgan fingerprint density at radius 3 is 1.70 bits per heavy atom. The zero-order valence-electron chi connectivity index (χ0n) is 15.3. The van der Waals surface area contributed by atoms with Gasteiger partial charge in [-0.2, -0.15) is 71.8 Å². The molecule has 0 aromatic heterocycles. The van der Waals surface area contributed by atoms with Crippen LogP contribution in [0.15, 0.2) is 48.5 Å². The summed E-state index contributed by atoms with van der Waals surface area (Å²) in [6.45, 7) is 4.58. The van der Waals surface area contributed by atoms with Gasteiger partial charge in [0.15, 0.2) is 0 Å². The molecule has 0 fully saturated rings. The minimum absolute atomic E-state index is 0. The first kappa shape index (κ1) is 31.3. The van der Waals surface area contributed by atoms with Crippen molar-refractivity contribution in [3.63, 3.8) is 0 Å². The van der Waals surface area contributed by atoms with Gasteiger partial charge in [-0.05, 0) is 18.3 Å². The second-order valence-electron chi connectivity index (χ2n) is 5.60. The number of benzene rings is 2. The Balaban J connectivity index is -0.000000564. The third kappa shape index (κ3) is 13.5. The van der Waals surface area contributed by atoms with Crippen molar-refractivity contribution in [3.05, 3.63) is 71.8 Å². The van der Waals surface area contributed by atoms with Crippen LogP contribution in [0.25, 0.3) is 0 Å². The summed E-state index contributed by atoms with van der Waals surface area (Å²) in [5.74, 6) is -0.0833. The van der Waals surface area contributed by atoms with E-state index >= 15 is 0 Å². The van der Waals surface area contributed by atoms with Crippen molar-refractivity contribution in [2.24, 2.45) is 0 Å². The molecule has 152 valence electrons. The molecular weight excluding hydrogens is 708 g/mol. The van der Waals surface area contributed by atoms with Crippen LogP contribution in [0.2, 0.25) is 0 Å². The van der Waals surface area contributed by atoms with Crippen molar-refractivity contribution in [2.45, 2.75) is 38.5 Å². The maximum atomic E-state index is 9.19. The Morgan fingerprint density at radius 1 is 1.00 bits per heavy atom. The van der Waals surface area contributed by atoms with E-state index in [1.807, 2.05) is 24.3 Å². The average molecular weight is 733 g/mol. The third-order valence-electron chi connectivity index (χ3n) is 3.82. The van der Waals surface area contributed by atoms with Crippen LogP contribution in [0.1, 0.15) is 49.7 Å². The molecule has 2 atom stereocenters. The Kier molecular flexibility index (Phi) is 19.3. The number of aliphatic hydroxyl groups excluding tert-OH is 1. The van der Waals surface area contributed by atoms with E-state index in [2.05, 4.69) is 50.2 Å². The molecule has 8 heteroatoms. The second kappa shape index (κ2) is 16.6. The number of hydrogen-bond acceptors (Lipinski definition) is 4. The molecule has 0 aliphatic heterocycles. The molecule has 2 aromatic carbocycles. The van der Waals surface area contributed by atoms with Crippen molar-refractivity contribution in [3.8, 4) is 0 Å². The second-order valence-corrected chi connectivity index (χ2v) is 6.97. The number of hydrogen-bond donors (Lipinski definition) is 1. The fourth-order valence-corrected chi connectivity index (χ4v) is 2.50. The normalized spacial score (nSPS) is 12.0. The molecule has 0 amide bonds. The summed E-state index contributed by atoms with van der Waals surface area (Å²) in [4.78, 5) is 0. The van der Waals surface area contributed by atoms with Crippen molar-refractivity contribution in [2.75, 3.05) is 5.94 Å². The molecule has 0 spiro atoms. The summed E-state index contributed by atoms with van der Waals surface area (Å²) in [6.07, 6.45) is 2.39. The predicted octanol–water partition coefficient (Wildman–Crippen LogP) is 2.63. The van der Waals surface area contributed by atoms with Gasteiger partial charge in [0.1, 0.15) is 16.1 Å². The Bertz CT molecular complexity index is 682. The Labute approximate surface area is 191 Å². The van der Waals surface area contributed by atoms with Gasteiger partial charge in [-0.15, -0.1) is 0 Å². The van der Waals surface area contributed by atoms with Crippen molar-refractivity contribution < 1.29 is 65.7 Å². The molecule has 27 heavy (non-hydrogen) atoms. The van der Waals surface area contributed by atoms with Crippen molar-refractivity contribution in [1.29, 1.82) is 0 Å². The maximum absolute atomic E-state index is 9.19. The molecule has 5 nitrogen and oxygen atoms in total. The molecule has 3 N–H and O–H groups in total. The maximum Gasteiger partial charge on any atom is 0.133 e. The van der Waals surface area contributed by atoms with Crippen LogP contribution >= 0.6 is 0 Å². The molecule has 0 aliphatic rings. The quantitative estimate of drug-likeness (QED) is 0.364. The van der Waals surface area contributed by atoms with Crippen molar-refractivity contribution >= 4 is 10.1 Å². The van der Waals surface area contributed by atoms with Gasteiger partial charge < -0.3 is 15.1 Å². The molecular formula is C19H25O5SW2-3. The monoisotopic (exact) mass is 733 g/mol. The van der Waals surface area contributed by atoms with Gasteiger partial charge in [0.2, 0.25) is 0 Å². The Morgan fingerprint density at radius 2 is 1.37 bits per heavy atom. The summed E-state index contributed by atoms with van der Waals surface area (Å²) in [7, 11) is -4.36. The SMILES string of the molecule is CCC(CC(C)c1cc[c-]cc1)c1cc[c-]cc1.O.O=S(=O)([O-])CO.[W].[W]. The van der Waals surface area contributed by atoms with Gasteiger partial charge in [0.25, 0.3) is 0 Å². The van der Waals surface area contributed by atoms with Crippen molar-refractivity contribution in [1.82, 2.24) is 0 Å². The first-order chi connectivity index (χ1) is 11.4. The minimum Gasteiger partial charge on any atom is -0.746 e.